The van der Waals surface area contributed by atoms with Gasteiger partial charge in [-0.2, -0.15) is 0 Å². The summed E-state index contributed by atoms with van der Waals surface area (Å²) in [5.41, 5.74) is 2.71. The van der Waals surface area contributed by atoms with Gasteiger partial charge in [0.05, 0.1) is 0 Å². The van der Waals surface area contributed by atoms with E-state index in [-0.39, 0.29) is 0 Å². The first kappa shape index (κ1) is 16.7. The highest BCUT2D eigenvalue weighted by Crippen LogP contribution is 2.28. The molecule has 0 aromatic heterocycles. The Labute approximate surface area is 161 Å². The molecule has 2 atom stereocenters. The van der Waals surface area contributed by atoms with E-state index in [1.807, 2.05) is 0 Å². The molecule has 2 aliphatic carbocycles. The summed E-state index contributed by atoms with van der Waals surface area (Å²) in [4.78, 5) is 4.69. The van der Waals surface area contributed by atoms with Crippen molar-refractivity contribution in [1.29, 1.82) is 0 Å². The molecule has 3 aliphatic rings. The monoisotopic (exact) mass is 354 g/mol. The maximum Gasteiger partial charge on any atom is 0.208 e. The Hall–Kier alpha value is -2.48. The maximum absolute atomic E-state index is 3.70. The lowest BCUT2D eigenvalue weighted by atomic mass is 9.94. The van der Waals surface area contributed by atoms with E-state index in [0.717, 1.165) is 25.9 Å². The summed E-state index contributed by atoms with van der Waals surface area (Å²) in [5, 5.41) is 5.47. The van der Waals surface area contributed by atoms with Gasteiger partial charge >= 0.3 is 0 Å². The zero-order chi connectivity index (χ0) is 18.4. The fourth-order valence-electron chi connectivity index (χ4n) is 4.63. The van der Waals surface area contributed by atoms with Gasteiger partial charge in [-0.05, 0) is 35.3 Å². The van der Waals surface area contributed by atoms with Gasteiger partial charge in [-0.15, -0.1) is 0 Å². The van der Waals surface area contributed by atoms with E-state index in [1.54, 1.807) is 0 Å². The number of rotatable bonds is 2. The molecule has 0 saturated carbocycles. The summed E-state index contributed by atoms with van der Waals surface area (Å²) < 4.78 is 0. The maximum atomic E-state index is 3.70. The molecular formula is C25H26N2. The van der Waals surface area contributed by atoms with Crippen LogP contribution in [0.1, 0.15) is 26.7 Å². The first-order chi connectivity index (χ1) is 13.2. The van der Waals surface area contributed by atoms with E-state index in [0.29, 0.717) is 11.8 Å². The largest absolute Gasteiger partial charge is 0.342 e. The van der Waals surface area contributed by atoms with Crippen molar-refractivity contribution in [1.82, 2.24) is 4.90 Å². The molecule has 0 spiro atoms. The number of fused-ring (bicyclic) bond motifs is 2. The molecular weight excluding hydrogens is 328 g/mol. The van der Waals surface area contributed by atoms with Crippen molar-refractivity contribution in [2.75, 3.05) is 18.0 Å². The lowest BCUT2D eigenvalue weighted by Crippen LogP contribution is -2.38. The second kappa shape index (κ2) is 6.60. The third-order valence-corrected chi connectivity index (χ3v) is 6.04. The smallest absolute Gasteiger partial charge is 0.208 e. The van der Waals surface area contributed by atoms with Crippen LogP contribution in [0.25, 0.3) is 23.9 Å². The molecule has 0 N–H and O–H groups in total. The minimum atomic E-state index is 0.525. The highest BCUT2D eigenvalue weighted by atomic mass is 15.4. The minimum Gasteiger partial charge on any atom is -0.342 e. The van der Waals surface area contributed by atoms with Crippen LogP contribution in [-0.4, -0.2) is 18.0 Å². The fourth-order valence-corrected chi connectivity index (χ4v) is 4.63. The summed E-state index contributed by atoms with van der Waals surface area (Å²) in [5.74, 6) is 1.13. The summed E-state index contributed by atoms with van der Waals surface area (Å²) in [6.45, 7) is 10.3. The molecule has 0 unspecified atom stereocenters. The van der Waals surface area contributed by atoms with E-state index < -0.39 is 0 Å². The summed E-state index contributed by atoms with van der Waals surface area (Å²) in [7, 11) is 0. The van der Waals surface area contributed by atoms with E-state index in [2.05, 4.69) is 91.0 Å². The molecule has 2 heteroatoms. The number of hydrogen-bond donors (Lipinski definition) is 0. The van der Waals surface area contributed by atoms with Gasteiger partial charge in [0, 0.05) is 40.8 Å². The van der Waals surface area contributed by atoms with Gasteiger partial charge < -0.3 is 9.80 Å². The van der Waals surface area contributed by atoms with Crippen molar-refractivity contribution >= 4 is 29.6 Å². The van der Waals surface area contributed by atoms with Crippen LogP contribution in [0.4, 0.5) is 5.69 Å². The zero-order valence-electron chi connectivity index (χ0n) is 16.2. The van der Waals surface area contributed by atoms with Gasteiger partial charge in [-0.3, -0.25) is 0 Å². The molecule has 5 rings (SSSR count). The minimum absolute atomic E-state index is 0.525. The van der Waals surface area contributed by atoms with Gasteiger partial charge in [-0.1, -0.05) is 68.5 Å². The predicted octanol–water partition coefficient (Wildman–Crippen LogP) is 2.03. The number of nitrogens with zero attached hydrogens (tertiary/aromatic N) is 2. The van der Waals surface area contributed by atoms with E-state index >= 15 is 0 Å². The van der Waals surface area contributed by atoms with Crippen LogP contribution < -0.4 is 25.8 Å². The van der Waals surface area contributed by atoms with Crippen molar-refractivity contribution in [2.45, 2.75) is 26.7 Å². The quantitative estimate of drug-likeness (QED) is 0.814. The Bertz CT molecular complexity index is 1110. The van der Waals surface area contributed by atoms with Crippen molar-refractivity contribution in [2.24, 2.45) is 11.8 Å². The van der Waals surface area contributed by atoms with Crippen molar-refractivity contribution in [3.63, 3.8) is 0 Å². The third kappa shape index (κ3) is 2.88. The molecule has 2 nitrogen and oxygen atoms in total. The molecule has 2 aromatic carbocycles. The highest BCUT2D eigenvalue weighted by molar-refractivity contribution is 5.60. The number of anilines is 1. The van der Waals surface area contributed by atoms with E-state index in [4.69, 9.17) is 0 Å². The lowest BCUT2D eigenvalue weighted by Gasteiger charge is -2.28. The average molecular weight is 354 g/mol. The van der Waals surface area contributed by atoms with E-state index in [1.165, 1.54) is 32.3 Å². The molecule has 1 saturated heterocycles. The van der Waals surface area contributed by atoms with Gasteiger partial charge in [0.2, 0.25) is 6.67 Å². The predicted molar refractivity (Wildman–Crippen MR) is 113 cm³/mol. The lowest BCUT2D eigenvalue weighted by molar-refractivity contribution is 0.494. The SMILES string of the molecule is C[C@@H]1C=c2c(N3[C]N(C4=c5ccccc5=CC[C@H]4C)CC3)cccc2=CC1. The van der Waals surface area contributed by atoms with Crippen LogP contribution in [-0.2, 0) is 0 Å². The summed E-state index contributed by atoms with van der Waals surface area (Å²) in [6.07, 6.45) is 9.42. The molecule has 1 heterocycles. The Balaban J connectivity index is 1.54. The van der Waals surface area contributed by atoms with Gasteiger partial charge in [-0.25, -0.2) is 0 Å². The molecule has 27 heavy (non-hydrogen) atoms. The second-order valence-corrected chi connectivity index (χ2v) is 8.08. The van der Waals surface area contributed by atoms with Crippen LogP contribution in [0.2, 0.25) is 0 Å². The van der Waals surface area contributed by atoms with Crippen molar-refractivity contribution in [3.8, 4) is 0 Å². The molecule has 1 fully saturated rings. The zero-order valence-corrected chi connectivity index (χ0v) is 16.2. The fraction of sp³-hybridized carbons (Fsp3) is 0.320. The van der Waals surface area contributed by atoms with Crippen LogP contribution >= 0.6 is 0 Å². The normalized spacial score (nSPS) is 23.9. The highest BCUT2D eigenvalue weighted by Gasteiger charge is 2.28. The van der Waals surface area contributed by atoms with E-state index in [9.17, 15) is 0 Å². The van der Waals surface area contributed by atoms with Crippen molar-refractivity contribution in [3.05, 3.63) is 70.0 Å². The Morgan fingerprint density at radius 3 is 2.56 bits per heavy atom. The van der Waals surface area contributed by atoms with Crippen LogP contribution in [0.5, 0.6) is 0 Å². The van der Waals surface area contributed by atoms with Gasteiger partial charge in [0.25, 0.3) is 0 Å². The van der Waals surface area contributed by atoms with Gasteiger partial charge in [0.1, 0.15) is 0 Å². The topological polar surface area (TPSA) is 6.48 Å². The standard InChI is InChI=1S/C25H26N2/c1-18-10-12-21-7-5-9-24(23(21)16-18)26-14-15-27(17-26)25-19(2)11-13-20-6-3-4-8-22(20)25/h3-9,12-13,16,18-19H,10-11,14-15H2,1-2H3/t18-,19+/m0/s1. The Morgan fingerprint density at radius 1 is 0.852 bits per heavy atom. The second-order valence-electron chi connectivity index (χ2n) is 8.08. The van der Waals surface area contributed by atoms with Crippen LogP contribution in [0, 0.1) is 18.5 Å². The Kier molecular flexibility index (Phi) is 4.07. The molecule has 1 aliphatic heterocycles. The van der Waals surface area contributed by atoms with Crippen LogP contribution in [0.3, 0.4) is 0 Å². The first-order valence-electron chi connectivity index (χ1n) is 10.1. The summed E-state index contributed by atoms with van der Waals surface area (Å²) >= 11 is 0. The van der Waals surface area contributed by atoms with Crippen LogP contribution in [0.15, 0.2) is 42.5 Å². The molecule has 2 aromatic rings. The summed E-state index contributed by atoms with van der Waals surface area (Å²) in [6, 6.07) is 15.4. The molecule has 136 valence electrons. The Morgan fingerprint density at radius 2 is 1.63 bits per heavy atom. The molecule has 2 radical (unpaired) electrons. The molecule has 0 amide bonds. The number of hydrogen-bond acceptors (Lipinski definition) is 2. The van der Waals surface area contributed by atoms with Crippen molar-refractivity contribution < 1.29 is 0 Å². The third-order valence-electron chi connectivity index (χ3n) is 6.04. The first-order valence-corrected chi connectivity index (χ1v) is 10.1. The van der Waals surface area contributed by atoms with Gasteiger partial charge in [0.15, 0.2) is 0 Å². The number of benzene rings is 2. The average Bonchev–Trinajstić information content (AvgIpc) is 3.16. The molecule has 0 bridgehead atoms.